The van der Waals surface area contributed by atoms with Crippen LogP contribution in [0.15, 0.2) is 48.5 Å². The van der Waals surface area contributed by atoms with Crippen molar-refractivity contribution in [3.05, 3.63) is 71.0 Å². The monoisotopic (exact) mass is 328 g/mol. The van der Waals surface area contributed by atoms with Crippen LogP contribution >= 0.6 is 0 Å². The number of hydrogen-bond donors (Lipinski definition) is 1. The van der Waals surface area contributed by atoms with Crippen LogP contribution in [0.4, 0.5) is 9.18 Å². The molecule has 0 aromatic heterocycles. The van der Waals surface area contributed by atoms with E-state index in [1.807, 2.05) is 37.3 Å². The second-order valence-corrected chi connectivity index (χ2v) is 5.99. The van der Waals surface area contributed by atoms with Crippen LogP contribution in [0, 0.1) is 12.7 Å². The molecule has 0 spiro atoms. The van der Waals surface area contributed by atoms with Gasteiger partial charge in [0.2, 0.25) is 0 Å². The molecule has 1 aliphatic heterocycles. The fourth-order valence-electron chi connectivity index (χ4n) is 2.96. The van der Waals surface area contributed by atoms with E-state index >= 15 is 0 Å². The highest BCUT2D eigenvalue weighted by Gasteiger charge is 2.26. The molecular formula is C19H21FN2O2. The van der Waals surface area contributed by atoms with Gasteiger partial charge in [0.1, 0.15) is 12.4 Å². The third-order valence-corrected chi connectivity index (χ3v) is 4.25. The molecule has 1 heterocycles. The summed E-state index contributed by atoms with van der Waals surface area (Å²) in [7, 11) is 0. The zero-order valence-corrected chi connectivity index (χ0v) is 13.7. The van der Waals surface area contributed by atoms with E-state index in [0.29, 0.717) is 19.6 Å². The molecule has 0 bridgehead atoms. The van der Waals surface area contributed by atoms with Crippen molar-refractivity contribution < 1.29 is 13.9 Å². The van der Waals surface area contributed by atoms with Crippen molar-refractivity contribution in [2.75, 3.05) is 19.6 Å². The Kier molecular flexibility index (Phi) is 5.11. The molecule has 0 saturated carbocycles. The molecular weight excluding hydrogens is 307 g/mol. The van der Waals surface area contributed by atoms with Gasteiger partial charge in [-0.2, -0.15) is 0 Å². The molecule has 1 fully saturated rings. The molecule has 126 valence electrons. The fourth-order valence-corrected chi connectivity index (χ4v) is 2.96. The van der Waals surface area contributed by atoms with Gasteiger partial charge in [-0.15, -0.1) is 0 Å². The van der Waals surface area contributed by atoms with Crippen molar-refractivity contribution in [2.24, 2.45) is 0 Å². The van der Waals surface area contributed by atoms with Crippen molar-refractivity contribution in [2.45, 2.75) is 19.6 Å². The number of carbonyl (C=O) groups excluding carboxylic acids is 1. The molecule has 24 heavy (non-hydrogen) atoms. The van der Waals surface area contributed by atoms with E-state index in [2.05, 4.69) is 5.32 Å². The number of nitrogens with zero attached hydrogens (tertiary/aromatic N) is 1. The van der Waals surface area contributed by atoms with Gasteiger partial charge in [-0.3, -0.25) is 0 Å². The lowest BCUT2D eigenvalue weighted by molar-refractivity contribution is 0.0849. The maximum Gasteiger partial charge on any atom is 0.410 e. The van der Waals surface area contributed by atoms with Crippen LogP contribution in [-0.4, -0.2) is 30.6 Å². The molecule has 3 rings (SSSR count). The molecule has 4 nitrogen and oxygen atoms in total. The third-order valence-electron chi connectivity index (χ3n) is 4.25. The second-order valence-electron chi connectivity index (χ2n) is 5.99. The van der Waals surface area contributed by atoms with Crippen LogP contribution in [0.3, 0.4) is 0 Å². The Morgan fingerprint density at radius 1 is 1.29 bits per heavy atom. The second kappa shape index (κ2) is 7.45. The van der Waals surface area contributed by atoms with Crippen LogP contribution in [0.1, 0.15) is 22.7 Å². The number of ether oxygens (including phenoxy) is 1. The smallest absolute Gasteiger partial charge is 0.410 e. The van der Waals surface area contributed by atoms with Crippen LogP contribution in [0.5, 0.6) is 0 Å². The van der Waals surface area contributed by atoms with Crippen molar-refractivity contribution in [1.29, 1.82) is 0 Å². The van der Waals surface area contributed by atoms with Gasteiger partial charge in [0.15, 0.2) is 0 Å². The minimum absolute atomic E-state index is 0.0105. The molecule has 5 heteroatoms. The lowest BCUT2D eigenvalue weighted by Crippen LogP contribution is -2.48. The molecule has 0 unspecified atom stereocenters. The summed E-state index contributed by atoms with van der Waals surface area (Å²) in [5, 5.41) is 3.38. The Labute approximate surface area is 141 Å². The highest BCUT2D eigenvalue weighted by atomic mass is 19.1. The topological polar surface area (TPSA) is 41.6 Å². The summed E-state index contributed by atoms with van der Waals surface area (Å²) < 4.78 is 18.7. The summed E-state index contributed by atoms with van der Waals surface area (Å²) in [6.45, 7) is 3.95. The number of halogens is 1. The molecule has 1 aliphatic rings. The lowest BCUT2D eigenvalue weighted by atomic mass is 9.99. The number of nitrogens with one attached hydrogen (secondary N) is 1. The number of piperazine rings is 1. The first-order valence-electron chi connectivity index (χ1n) is 8.08. The minimum atomic E-state index is -0.315. The maximum atomic E-state index is 13.3. The van der Waals surface area contributed by atoms with Crippen LogP contribution in [0.2, 0.25) is 0 Å². The molecule has 2 aromatic carbocycles. The summed E-state index contributed by atoms with van der Waals surface area (Å²) >= 11 is 0. The van der Waals surface area contributed by atoms with E-state index in [1.54, 1.807) is 11.0 Å². The van der Waals surface area contributed by atoms with Gasteiger partial charge in [0.25, 0.3) is 0 Å². The van der Waals surface area contributed by atoms with Crippen molar-refractivity contribution >= 4 is 6.09 Å². The SMILES string of the molecule is Cc1cc(F)ccc1[C@H]1CN(C(=O)OCc2ccccc2)CCN1. The predicted octanol–water partition coefficient (Wildman–Crippen LogP) is 3.42. The van der Waals surface area contributed by atoms with Crippen LogP contribution in [-0.2, 0) is 11.3 Å². The Morgan fingerprint density at radius 2 is 2.08 bits per heavy atom. The van der Waals surface area contributed by atoms with Gasteiger partial charge in [-0.05, 0) is 35.7 Å². The van der Waals surface area contributed by atoms with Gasteiger partial charge in [0, 0.05) is 19.6 Å². The number of rotatable bonds is 3. The minimum Gasteiger partial charge on any atom is -0.445 e. The largest absolute Gasteiger partial charge is 0.445 e. The number of hydrogen-bond acceptors (Lipinski definition) is 3. The molecule has 1 N–H and O–H groups in total. The number of benzene rings is 2. The fraction of sp³-hybridized carbons (Fsp3) is 0.316. The summed E-state index contributed by atoms with van der Waals surface area (Å²) in [5.41, 5.74) is 2.86. The Hall–Kier alpha value is -2.40. The van der Waals surface area contributed by atoms with Gasteiger partial charge in [-0.25, -0.2) is 9.18 Å². The van der Waals surface area contributed by atoms with Crippen LogP contribution < -0.4 is 5.32 Å². The van der Waals surface area contributed by atoms with Gasteiger partial charge in [-0.1, -0.05) is 36.4 Å². The number of aryl methyl sites for hydroxylation is 1. The Balaban J connectivity index is 1.61. The third kappa shape index (κ3) is 3.92. The van der Waals surface area contributed by atoms with Gasteiger partial charge in [0.05, 0.1) is 6.04 Å². The lowest BCUT2D eigenvalue weighted by Gasteiger charge is -2.34. The summed E-state index contributed by atoms with van der Waals surface area (Å²) in [6, 6.07) is 14.4. The highest BCUT2D eigenvalue weighted by Crippen LogP contribution is 2.22. The average Bonchev–Trinajstić information content (AvgIpc) is 2.60. The molecule has 1 saturated heterocycles. The first-order valence-corrected chi connectivity index (χ1v) is 8.08. The van der Waals surface area contributed by atoms with Crippen molar-refractivity contribution in [3.8, 4) is 0 Å². The maximum absolute atomic E-state index is 13.3. The Bertz CT molecular complexity index is 706. The number of carbonyl (C=O) groups is 1. The van der Waals surface area contributed by atoms with E-state index in [1.165, 1.54) is 12.1 Å². The first kappa shape index (κ1) is 16.5. The summed E-state index contributed by atoms with van der Waals surface area (Å²) in [5.74, 6) is -0.244. The van der Waals surface area contributed by atoms with E-state index in [9.17, 15) is 9.18 Å². The highest BCUT2D eigenvalue weighted by molar-refractivity contribution is 5.68. The zero-order chi connectivity index (χ0) is 16.9. The summed E-state index contributed by atoms with van der Waals surface area (Å²) in [6.07, 6.45) is -0.315. The number of amides is 1. The predicted molar refractivity (Wildman–Crippen MR) is 90.1 cm³/mol. The van der Waals surface area contributed by atoms with E-state index in [-0.39, 0.29) is 24.6 Å². The summed E-state index contributed by atoms with van der Waals surface area (Å²) in [4.78, 5) is 14.0. The molecule has 1 atom stereocenters. The normalized spacial score (nSPS) is 17.6. The van der Waals surface area contributed by atoms with Crippen molar-refractivity contribution in [1.82, 2.24) is 10.2 Å². The van der Waals surface area contributed by atoms with Gasteiger partial charge < -0.3 is 15.0 Å². The Morgan fingerprint density at radius 3 is 2.83 bits per heavy atom. The molecule has 0 aliphatic carbocycles. The standard InChI is InChI=1S/C19H21FN2O2/c1-14-11-16(20)7-8-17(14)18-12-22(10-9-21-18)19(23)24-13-15-5-3-2-4-6-15/h2-8,11,18,21H,9-10,12-13H2,1H3/t18-/m1/s1. The average molecular weight is 328 g/mol. The zero-order valence-electron chi connectivity index (χ0n) is 13.7. The quantitative estimate of drug-likeness (QED) is 0.939. The molecule has 0 radical (unpaired) electrons. The van der Waals surface area contributed by atoms with E-state index in [0.717, 1.165) is 16.7 Å². The van der Waals surface area contributed by atoms with Crippen molar-refractivity contribution in [3.63, 3.8) is 0 Å². The first-order chi connectivity index (χ1) is 11.6. The molecule has 1 amide bonds. The van der Waals surface area contributed by atoms with E-state index < -0.39 is 0 Å². The van der Waals surface area contributed by atoms with Gasteiger partial charge >= 0.3 is 6.09 Å². The van der Waals surface area contributed by atoms with E-state index in [4.69, 9.17) is 4.74 Å². The molecule has 2 aromatic rings. The van der Waals surface area contributed by atoms with Crippen LogP contribution in [0.25, 0.3) is 0 Å².